The van der Waals surface area contributed by atoms with Crippen LogP contribution in [0.1, 0.15) is 29.8 Å². The molecule has 2 aromatic heterocycles. The van der Waals surface area contributed by atoms with E-state index in [1.807, 2.05) is 19.9 Å². The van der Waals surface area contributed by atoms with Crippen LogP contribution < -0.4 is 10.6 Å². The molecule has 2 heterocycles. The number of hydrogen-bond acceptors (Lipinski definition) is 3. The maximum Gasteiger partial charge on any atom is 0.216 e. The second-order valence-electron chi connectivity index (χ2n) is 5.98. The highest BCUT2D eigenvalue weighted by molar-refractivity contribution is 5.83. The smallest absolute Gasteiger partial charge is 0.216 e. The van der Waals surface area contributed by atoms with Crippen LogP contribution in [-0.2, 0) is 13.0 Å². The third kappa shape index (κ3) is 4.21. The number of para-hydroxylation sites is 1. The van der Waals surface area contributed by atoms with Gasteiger partial charge in [0, 0.05) is 30.2 Å². The Labute approximate surface area is 147 Å². The van der Waals surface area contributed by atoms with E-state index < -0.39 is 0 Å². The fourth-order valence-corrected chi connectivity index (χ4v) is 2.75. The van der Waals surface area contributed by atoms with Crippen molar-refractivity contribution in [2.45, 2.75) is 33.7 Å². The number of fused-ring (bicyclic) bond motifs is 1. The molecule has 132 valence electrons. The van der Waals surface area contributed by atoms with Crippen molar-refractivity contribution in [2.75, 3.05) is 13.1 Å². The molecule has 0 amide bonds. The summed E-state index contributed by atoms with van der Waals surface area (Å²) in [6.45, 7) is 7.95. The van der Waals surface area contributed by atoms with E-state index in [2.05, 4.69) is 56.9 Å². The van der Waals surface area contributed by atoms with Crippen molar-refractivity contribution in [3.8, 4) is 0 Å². The van der Waals surface area contributed by atoms with E-state index in [4.69, 9.17) is 4.42 Å². The van der Waals surface area contributed by atoms with Crippen LogP contribution in [0.15, 0.2) is 39.9 Å². The molecule has 6 heteroatoms. The standard InChI is InChI=1S/C19H25N5O/c1-4-20-19(23-12-18-24-13(2)14(3)25-18)21-10-9-15-11-22-17-8-6-5-7-16(15)17/h5-8,11,22H,4,9-10,12H2,1-3H3,(H2,20,21,23). The molecule has 0 spiro atoms. The van der Waals surface area contributed by atoms with E-state index >= 15 is 0 Å². The normalized spacial score (nSPS) is 11.9. The van der Waals surface area contributed by atoms with Crippen LogP contribution in [0, 0.1) is 13.8 Å². The van der Waals surface area contributed by atoms with Gasteiger partial charge in [-0.15, -0.1) is 0 Å². The monoisotopic (exact) mass is 339 g/mol. The van der Waals surface area contributed by atoms with Gasteiger partial charge in [-0.2, -0.15) is 0 Å². The number of aromatic amines is 1. The Morgan fingerprint density at radius 1 is 1.24 bits per heavy atom. The predicted molar refractivity (Wildman–Crippen MR) is 101 cm³/mol. The molecule has 0 unspecified atom stereocenters. The minimum absolute atomic E-state index is 0.428. The fourth-order valence-electron chi connectivity index (χ4n) is 2.75. The molecule has 0 bridgehead atoms. The molecule has 0 saturated carbocycles. The van der Waals surface area contributed by atoms with E-state index in [-0.39, 0.29) is 0 Å². The van der Waals surface area contributed by atoms with E-state index in [1.54, 1.807) is 0 Å². The van der Waals surface area contributed by atoms with Gasteiger partial charge in [0.1, 0.15) is 12.3 Å². The van der Waals surface area contributed by atoms with Crippen molar-refractivity contribution < 1.29 is 4.42 Å². The summed E-state index contributed by atoms with van der Waals surface area (Å²) in [7, 11) is 0. The summed E-state index contributed by atoms with van der Waals surface area (Å²) < 4.78 is 5.58. The first-order chi connectivity index (χ1) is 12.2. The summed E-state index contributed by atoms with van der Waals surface area (Å²) in [5, 5.41) is 7.90. The van der Waals surface area contributed by atoms with Gasteiger partial charge in [0.15, 0.2) is 5.96 Å². The lowest BCUT2D eigenvalue weighted by molar-refractivity contribution is 0.473. The number of oxazole rings is 1. The van der Waals surface area contributed by atoms with Gasteiger partial charge < -0.3 is 20.0 Å². The number of benzene rings is 1. The zero-order valence-corrected chi connectivity index (χ0v) is 15.0. The Hall–Kier alpha value is -2.76. The first kappa shape index (κ1) is 17.1. The van der Waals surface area contributed by atoms with Gasteiger partial charge in [0.2, 0.25) is 5.89 Å². The zero-order valence-electron chi connectivity index (χ0n) is 15.0. The van der Waals surface area contributed by atoms with Crippen molar-refractivity contribution in [1.82, 2.24) is 20.6 Å². The lowest BCUT2D eigenvalue weighted by Gasteiger charge is -2.10. The quantitative estimate of drug-likeness (QED) is 0.476. The molecule has 0 aliphatic rings. The highest BCUT2D eigenvalue weighted by atomic mass is 16.4. The van der Waals surface area contributed by atoms with E-state index in [9.17, 15) is 0 Å². The van der Waals surface area contributed by atoms with E-state index in [1.165, 1.54) is 16.5 Å². The number of nitrogens with one attached hydrogen (secondary N) is 3. The number of nitrogens with zero attached hydrogens (tertiary/aromatic N) is 2. The van der Waals surface area contributed by atoms with Gasteiger partial charge in [-0.1, -0.05) is 18.2 Å². The summed E-state index contributed by atoms with van der Waals surface area (Å²) >= 11 is 0. The van der Waals surface area contributed by atoms with Crippen LogP contribution in [0.4, 0.5) is 0 Å². The second-order valence-corrected chi connectivity index (χ2v) is 5.98. The molecule has 3 aromatic rings. The van der Waals surface area contributed by atoms with Crippen molar-refractivity contribution in [3.63, 3.8) is 0 Å². The van der Waals surface area contributed by atoms with Crippen LogP contribution in [0.25, 0.3) is 10.9 Å². The average Bonchev–Trinajstić information content (AvgIpc) is 3.16. The summed E-state index contributed by atoms with van der Waals surface area (Å²) in [5.41, 5.74) is 3.40. The van der Waals surface area contributed by atoms with Gasteiger partial charge >= 0.3 is 0 Å². The van der Waals surface area contributed by atoms with Gasteiger partial charge in [-0.3, -0.25) is 0 Å². The van der Waals surface area contributed by atoms with Gasteiger partial charge in [0.25, 0.3) is 0 Å². The van der Waals surface area contributed by atoms with E-state index in [0.29, 0.717) is 12.4 Å². The third-order valence-electron chi connectivity index (χ3n) is 4.15. The Balaban J connectivity index is 1.59. The topological polar surface area (TPSA) is 78.2 Å². The maximum atomic E-state index is 5.58. The minimum atomic E-state index is 0.428. The number of hydrogen-bond donors (Lipinski definition) is 3. The van der Waals surface area contributed by atoms with Gasteiger partial charge in [-0.25, -0.2) is 9.98 Å². The van der Waals surface area contributed by atoms with Crippen LogP contribution in [0.3, 0.4) is 0 Å². The predicted octanol–water partition coefficient (Wildman–Crippen LogP) is 3.07. The maximum absolute atomic E-state index is 5.58. The first-order valence-electron chi connectivity index (χ1n) is 8.67. The second kappa shape index (κ2) is 7.88. The summed E-state index contributed by atoms with van der Waals surface area (Å²) in [6.07, 6.45) is 3.00. The molecule has 0 fully saturated rings. The van der Waals surface area contributed by atoms with E-state index in [0.717, 1.165) is 36.9 Å². The lowest BCUT2D eigenvalue weighted by atomic mass is 10.1. The number of aromatic nitrogens is 2. The fraction of sp³-hybridized carbons (Fsp3) is 0.368. The number of aryl methyl sites for hydroxylation is 2. The molecule has 0 aliphatic heterocycles. The minimum Gasteiger partial charge on any atom is -0.444 e. The highest BCUT2D eigenvalue weighted by Gasteiger charge is 2.06. The largest absolute Gasteiger partial charge is 0.444 e. The van der Waals surface area contributed by atoms with Gasteiger partial charge in [0.05, 0.1) is 5.69 Å². The summed E-state index contributed by atoms with van der Waals surface area (Å²) in [6, 6.07) is 8.35. The molecule has 0 aliphatic carbocycles. The molecular formula is C19H25N5O. The Bertz CT molecular complexity index is 842. The SMILES string of the molecule is CCNC(=NCc1nc(C)c(C)o1)NCCc1c[nH]c2ccccc12. The van der Waals surface area contributed by atoms with Crippen molar-refractivity contribution in [1.29, 1.82) is 0 Å². The summed E-state index contributed by atoms with van der Waals surface area (Å²) in [4.78, 5) is 12.2. The number of H-pyrrole nitrogens is 1. The summed E-state index contributed by atoms with van der Waals surface area (Å²) in [5.74, 6) is 2.27. The Kier molecular flexibility index (Phi) is 5.38. The molecule has 6 nitrogen and oxygen atoms in total. The number of aliphatic imine (C=N–C) groups is 1. The van der Waals surface area contributed by atoms with Crippen LogP contribution in [-0.4, -0.2) is 29.0 Å². The van der Waals surface area contributed by atoms with Crippen molar-refractivity contribution in [2.24, 2.45) is 4.99 Å². The first-order valence-corrected chi connectivity index (χ1v) is 8.67. The average molecular weight is 339 g/mol. The molecule has 25 heavy (non-hydrogen) atoms. The lowest BCUT2D eigenvalue weighted by Crippen LogP contribution is -2.38. The molecule has 1 aromatic carbocycles. The Morgan fingerprint density at radius 3 is 2.84 bits per heavy atom. The molecule has 0 atom stereocenters. The highest BCUT2D eigenvalue weighted by Crippen LogP contribution is 2.17. The third-order valence-corrected chi connectivity index (χ3v) is 4.15. The number of guanidine groups is 1. The molecule has 0 radical (unpaired) electrons. The van der Waals surface area contributed by atoms with Crippen molar-refractivity contribution in [3.05, 3.63) is 53.4 Å². The number of rotatable bonds is 6. The molecule has 3 rings (SSSR count). The van der Waals surface area contributed by atoms with Gasteiger partial charge in [-0.05, 0) is 38.8 Å². The Morgan fingerprint density at radius 2 is 2.08 bits per heavy atom. The van der Waals surface area contributed by atoms with Crippen LogP contribution in [0.5, 0.6) is 0 Å². The van der Waals surface area contributed by atoms with Crippen LogP contribution >= 0.6 is 0 Å². The molecular weight excluding hydrogens is 314 g/mol. The van der Waals surface area contributed by atoms with Crippen molar-refractivity contribution >= 4 is 16.9 Å². The molecule has 0 saturated heterocycles. The van der Waals surface area contributed by atoms with Crippen LogP contribution in [0.2, 0.25) is 0 Å². The molecule has 3 N–H and O–H groups in total. The zero-order chi connectivity index (χ0) is 17.6.